The molecular formula is C12H19NO. The molecule has 0 aromatic carbocycles. The second kappa shape index (κ2) is 3.27. The van der Waals surface area contributed by atoms with Gasteiger partial charge in [0.05, 0.1) is 12.6 Å². The van der Waals surface area contributed by atoms with Crippen molar-refractivity contribution in [2.75, 3.05) is 6.61 Å². The van der Waals surface area contributed by atoms with Crippen molar-refractivity contribution in [1.82, 2.24) is 0 Å². The van der Waals surface area contributed by atoms with Crippen LogP contribution in [0.25, 0.3) is 0 Å². The summed E-state index contributed by atoms with van der Waals surface area (Å²) in [7, 11) is 0. The highest BCUT2D eigenvalue weighted by atomic mass is 16.5. The van der Waals surface area contributed by atoms with Crippen molar-refractivity contribution in [3.63, 3.8) is 0 Å². The average molecular weight is 193 g/mol. The molecule has 0 radical (unpaired) electrons. The molecule has 78 valence electrons. The van der Waals surface area contributed by atoms with Crippen LogP contribution in [-0.4, -0.2) is 12.6 Å². The predicted octanol–water partition coefficient (Wildman–Crippen LogP) is 2.05. The highest BCUT2D eigenvalue weighted by Gasteiger charge is 2.54. The maximum atomic E-state index is 6.25. The van der Waals surface area contributed by atoms with Crippen molar-refractivity contribution in [3.05, 3.63) is 11.8 Å². The Balaban J connectivity index is 1.66. The van der Waals surface area contributed by atoms with Crippen molar-refractivity contribution in [3.8, 4) is 0 Å². The first-order valence-corrected chi connectivity index (χ1v) is 5.96. The van der Waals surface area contributed by atoms with Crippen LogP contribution in [0.4, 0.5) is 0 Å². The lowest BCUT2D eigenvalue weighted by Gasteiger charge is -2.12. The summed E-state index contributed by atoms with van der Waals surface area (Å²) < 4.78 is 5.56. The summed E-state index contributed by atoms with van der Waals surface area (Å²) in [4.78, 5) is 0. The minimum Gasteiger partial charge on any atom is -0.496 e. The van der Waals surface area contributed by atoms with Gasteiger partial charge in [-0.15, -0.1) is 0 Å². The second-order valence-corrected chi connectivity index (χ2v) is 4.96. The van der Waals surface area contributed by atoms with E-state index in [1.165, 1.54) is 25.7 Å². The fraction of sp³-hybridized carbons (Fsp3) is 0.833. The third-order valence-electron chi connectivity index (χ3n) is 4.20. The molecule has 14 heavy (non-hydrogen) atoms. The van der Waals surface area contributed by atoms with Crippen molar-refractivity contribution < 1.29 is 4.74 Å². The van der Waals surface area contributed by atoms with Gasteiger partial charge in [0, 0.05) is 6.42 Å². The first kappa shape index (κ1) is 8.78. The molecule has 3 unspecified atom stereocenters. The van der Waals surface area contributed by atoms with Gasteiger partial charge in [-0.1, -0.05) is 12.8 Å². The zero-order valence-electron chi connectivity index (χ0n) is 8.61. The molecule has 3 rings (SSSR count). The summed E-state index contributed by atoms with van der Waals surface area (Å²) in [5, 5.41) is 0. The molecule has 3 atom stereocenters. The Morgan fingerprint density at radius 3 is 2.57 bits per heavy atom. The molecule has 2 N–H and O–H groups in total. The van der Waals surface area contributed by atoms with E-state index in [0.29, 0.717) is 0 Å². The molecule has 0 aromatic heterocycles. The highest BCUT2D eigenvalue weighted by molar-refractivity contribution is 5.16. The lowest BCUT2D eigenvalue weighted by Crippen LogP contribution is -2.26. The Morgan fingerprint density at radius 1 is 1.29 bits per heavy atom. The van der Waals surface area contributed by atoms with Crippen LogP contribution in [-0.2, 0) is 4.74 Å². The van der Waals surface area contributed by atoms with Gasteiger partial charge in [-0.05, 0) is 36.7 Å². The summed E-state index contributed by atoms with van der Waals surface area (Å²) in [6.45, 7) is 0.852. The second-order valence-electron chi connectivity index (χ2n) is 4.96. The van der Waals surface area contributed by atoms with Crippen LogP contribution in [0.5, 0.6) is 0 Å². The maximum Gasteiger partial charge on any atom is 0.109 e. The number of rotatable bonds is 2. The van der Waals surface area contributed by atoms with E-state index < -0.39 is 0 Å². The molecule has 0 aromatic rings. The molecule has 0 amide bonds. The summed E-state index contributed by atoms with van der Waals surface area (Å²) in [5.74, 6) is 3.71. The third-order valence-corrected chi connectivity index (χ3v) is 4.20. The molecule has 2 aliphatic carbocycles. The Bertz CT molecular complexity index is 249. The Labute approximate surface area is 85.5 Å². The van der Waals surface area contributed by atoms with Crippen LogP contribution in [0.1, 0.15) is 32.1 Å². The van der Waals surface area contributed by atoms with Crippen LogP contribution in [0.15, 0.2) is 11.8 Å². The Hall–Kier alpha value is -0.500. The van der Waals surface area contributed by atoms with E-state index in [1.54, 1.807) is 0 Å². The zero-order chi connectivity index (χ0) is 9.54. The van der Waals surface area contributed by atoms with Gasteiger partial charge in [0.1, 0.15) is 5.76 Å². The summed E-state index contributed by atoms with van der Waals surface area (Å²) >= 11 is 0. The number of hydrogen-bond acceptors (Lipinski definition) is 2. The first-order chi connectivity index (χ1) is 6.88. The van der Waals surface area contributed by atoms with Crippen LogP contribution >= 0.6 is 0 Å². The zero-order valence-corrected chi connectivity index (χ0v) is 8.61. The van der Waals surface area contributed by atoms with E-state index in [0.717, 1.165) is 36.5 Å². The fourth-order valence-electron chi connectivity index (χ4n) is 3.44. The minimum absolute atomic E-state index is 0.214. The van der Waals surface area contributed by atoms with E-state index in [4.69, 9.17) is 10.5 Å². The lowest BCUT2D eigenvalue weighted by molar-refractivity contribution is 0.216. The van der Waals surface area contributed by atoms with Crippen LogP contribution in [0.3, 0.4) is 0 Å². The van der Waals surface area contributed by atoms with E-state index >= 15 is 0 Å². The van der Waals surface area contributed by atoms with E-state index in [1.807, 2.05) is 0 Å². The minimum atomic E-state index is 0.214. The topological polar surface area (TPSA) is 35.2 Å². The Morgan fingerprint density at radius 2 is 2.00 bits per heavy atom. The van der Waals surface area contributed by atoms with Crippen LogP contribution < -0.4 is 5.73 Å². The van der Waals surface area contributed by atoms with Gasteiger partial charge >= 0.3 is 0 Å². The molecular weight excluding hydrogens is 174 g/mol. The number of hydrogen-bond donors (Lipinski definition) is 1. The van der Waals surface area contributed by atoms with E-state index in [-0.39, 0.29) is 6.04 Å². The number of fused-ring (bicyclic) bond motifs is 1. The van der Waals surface area contributed by atoms with E-state index in [9.17, 15) is 0 Å². The van der Waals surface area contributed by atoms with Gasteiger partial charge in [0.2, 0.25) is 0 Å². The molecule has 0 spiro atoms. The highest BCUT2D eigenvalue weighted by Crippen LogP contribution is 2.57. The SMILES string of the molecule is NC(C1=CCCO1)C1C2CCCCC21. The fourth-order valence-corrected chi connectivity index (χ4v) is 3.44. The molecule has 0 saturated heterocycles. The van der Waals surface area contributed by atoms with Gasteiger partial charge in [0.15, 0.2) is 0 Å². The van der Waals surface area contributed by atoms with Gasteiger partial charge in [-0.25, -0.2) is 0 Å². The average Bonchev–Trinajstić information content (AvgIpc) is 2.70. The quantitative estimate of drug-likeness (QED) is 0.728. The van der Waals surface area contributed by atoms with Gasteiger partial charge in [0.25, 0.3) is 0 Å². The van der Waals surface area contributed by atoms with E-state index in [2.05, 4.69) is 6.08 Å². The van der Waals surface area contributed by atoms with Gasteiger partial charge in [-0.3, -0.25) is 0 Å². The molecule has 3 aliphatic rings. The predicted molar refractivity (Wildman–Crippen MR) is 55.6 cm³/mol. The van der Waals surface area contributed by atoms with Crippen LogP contribution in [0.2, 0.25) is 0 Å². The summed E-state index contributed by atoms with van der Waals surface area (Å²) in [6.07, 6.45) is 8.92. The van der Waals surface area contributed by atoms with Gasteiger partial charge in [-0.2, -0.15) is 0 Å². The lowest BCUT2D eigenvalue weighted by atomic mass is 10.0. The van der Waals surface area contributed by atoms with Crippen LogP contribution in [0, 0.1) is 17.8 Å². The first-order valence-electron chi connectivity index (χ1n) is 5.96. The molecule has 0 bridgehead atoms. The van der Waals surface area contributed by atoms with Gasteiger partial charge < -0.3 is 10.5 Å². The standard InChI is InChI=1S/C12H19NO/c13-12(10-6-3-7-14-10)11-8-4-1-2-5-9(8)11/h6,8-9,11-12H,1-5,7,13H2. The molecule has 1 heterocycles. The van der Waals surface area contributed by atoms with Crippen molar-refractivity contribution >= 4 is 0 Å². The molecule has 1 aliphatic heterocycles. The summed E-state index contributed by atoms with van der Waals surface area (Å²) in [6, 6.07) is 0.214. The third kappa shape index (κ3) is 1.28. The largest absolute Gasteiger partial charge is 0.496 e. The van der Waals surface area contributed by atoms with Crippen molar-refractivity contribution in [2.45, 2.75) is 38.1 Å². The Kier molecular flexibility index (Phi) is 2.05. The van der Waals surface area contributed by atoms with Crippen molar-refractivity contribution in [1.29, 1.82) is 0 Å². The van der Waals surface area contributed by atoms with Crippen molar-refractivity contribution in [2.24, 2.45) is 23.5 Å². The monoisotopic (exact) mass is 193 g/mol. The molecule has 2 nitrogen and oxygen atoms in total. The molecule has 2 saturated carbocycles. The molecule has 2 fully saturated rings. The maximum absolute atomic E-state index is 6.25. The normalized spacial score (nSPS) is 42.4. The number of nitrogens with two attached hydrogens (primary N) is 1. The molecule has 2 heteroatoms. The number of ether oxygens (including phenoxy) is 1. The summed E-state index contributed by atoms with van der Waals surface area (Å²) in [5.41, 5.74) is 6.25. The smallest absolute Gasteiger partial charge is 0.109 e.